The number of hydrogen-bond donors (Lipinski definition) is 4. The van der Waals surface area contributed by atoms with Gasteiger partial charge >= 0.3 is 0 Å². The first-order valence-electron chi connectivity index (χ1n) is 7.80. The third-order valence-electron chi connectivity index (χ3n) is 3.77. The molecule has 0 fully saturated rings. The Morgan fingerprint density at radius 1 is 1.15 bits per heavy atom. The molecule has 2 heterocycles. The number of nitrogens with zero attached hydrogens (tertiary/aromatic N) is 3. The number of carbonyl (C=O) groups excluding carboxylic acids is 2. The van der Waals surface area contributed by atoms with Gasteiger partial charge in [-0.2, -0.15) is 5.10 Å². The molecule has 5 N–H and O–H groups in total. The molecule has 2 aromatic heterocycles. The maximum absolute atomic E-state index is 12.5. The molecule has 2 amide bonds. The second kappa shape index (κ2) is 7.43. The number of likely N-dealkylation sites (N-methyl/N-ethyl adjacent to an activating group) is 1. The van der Waals surface area contributed by atoms with Crippen molar-refractivity contribution >= 4 is 23.3 Å². The highest BCUT2D eigenvalue weighted by atomic mass is 16.2. The molecule has 3 rings (SSSR count). The molecule has 1 unspecified atom stereocenters. The van der Waals surface area contributed by atoms with Crippen molar-refractivity contribution < 1.29 is 9.59 Å². The topological polar surface area (TPSA) is 139 Å². The van der Waals surface area contributed by atoms with E-state index >= 15 is 0 Å². The summed E-state index contributed by atoms with van der Waals surface area (Å²) >= 11 is 0. The normalized spacial score (nSPS) is 11.6. The molecule has 0 bridgehead atoms. The second-order valence-corrected chi connectivity index (χ2v) is 5.39. The van der Waals surface area contributed by atoms with Crippen LogP contribution in [-0.4, -0.2) is 39.0 Å². The smallest absolute Gasteiger partial charge is 0.278 e. The summed E-state index contributed by atoms with van der Waals surface area (Å²) in [5.41, 5.74) is 7.17. The van der Waals surface area contributed by atoms with E-state index < -0.39 is 11.8 Å². The molecule has 26 heavy (non-hydrogen) atoms. The molecule has 0 saturated carbocycles. The van der Waals surface area contributed by atoms with Gasteiger partial charge in [0.2, 0.25) is 5.91 Å². The van der Waals surface area contributed by atoms with Crippen molar-refractivity contribution in [1.29, 1.82) is 0 Å². The summed E-state index contributed by atoms with van der Waals surface area (Å²) in [6.07, 6.45) is 4.27. The van der Waals surface area contributed by atoms with Gasteiger partial charge < -0.3 is 16.4 Å². The predicted molar refractivity (Wildman–Crippen MR) is 95.3 cm³/mol. The Morgan fingerprint density at radius 3 is 2.58 bits per heavy atom. The van der Waals surface area contributed by atoms with Crippen LogP contribution in [0.5, 0.6) is 0 Å². The van der Waals surface area contributed by atoms with Crippen molar-refractivity contribution in [2.75, 3.05) is 18.1 Å². The number of carbonyl (C=O) groups is 2. The van der Waals surface area contributed by atoms with Gasteiger partial charge in [-0.25, -0.2) is 9.97 Å². The fourth-order valence-corrected chi connectivity index (χ4v) is 2.55. The summed E-state index contributed by atoms with van der Waals surface area (Å²) in [7, 11) is 1.55. The van der Waals surface area contributed by atoms with E-state index in [1.165, 1.54) is 18.6 Å². The van der Waals surface area contributed by atoms with Crippen LogP contribution in [0.2, 0.25) is 0 Å². The number of nitrogens with one attached hydrogen (secondary N) is 3. The number of H-pyrrole nitrogens is 1. The highest BCUT2D eigenvalue weighted by Gasteiger charge is 2.28. The van der Waals surface area contributed by atoms with E-state index in [-0.39, 0.29) is 17.4 Å². The Kier molecular flexibility index (Phi) is 4.88. The molecular formula is C17H17N7O2. The molecule has 0 aliphatic carbocycles. The summed E-state index contributed by atoms with van der Waals surface area (Å²) in [6.45, 7) is 0. The number of aromatic nitrogens is 4. The quantitative estimate of drug-likeness (QED) is 0.539. The van der Waals surface area contributed by atoms with Crippen LogP contribution in [0, 0.1) is 0 Å². The molecule has 0 spiro atoms. The fraction of sp³-hybridized carbons (Fsp3) is 0.118. The molecule has 1 aromatic carbocycles. The Labute approximate surface area is 149 Å². The second-order valence-electron chi connectivity index (χ2n) is 5.39. The van der Waals surface area contributed by atoms with Gasteiger partial charge in [0.1, 0.15) is 11.6 Å². The molecule has 0 saturated heterocycles. The van der Waals surface area contributed by atoms with Crippen LogP contribution in [0.15, 0.2) is 48.9 Å². The van der Waals surface area contributed by atoms with Crippen LogP contribution in [0.25, 0.3) is 0 Å². The van der Waals surface area contributed by atoms with E-state index in [1.807, 2.05) is 30.3 Å². The van der Waals surface area contributed by atoms with Crippen LogP contribution < -0.4 is 16.4 Å². The van der Waals surface area contributed by atoms with Gasteiger partial charge in [0.25, 0.3) is 5.91 Å². The SMILES string of the molecule is CNC(=O)C(c1ccccc1)c1n[nH]cc1NC(=O)c1nccnc1N. The number of amides is 2. The number of nitrogen functional groups attached to an aromatic ring is 1. The van der Waals surface area contributed by atoms with Crippen LogP contribution in [0.4, 0.5) is 11.5 Å². The lowest BCUT2D eigenvalue weighted by molar-refractivity contribution is -0.121. The highest BCUT2D eigenvalue weighted by molar-refractivity contribution is 6.06. The van der Waals surface area contributed by atoms with Gasteiger partial charge in [-0.15, -0.1) is 0 Å². The van der Waals surface area contributed by atoms with Crippen molar-refractivity contribution in [3.8, 4) is 0 Å². The fourth-order valence-electron chi connectivity index (χ4n) is 2.55. The number of nitrogens with two attached hydrogens (primary N) is 1. The minimum atomic E-state index is -0.693. The van der Waals surface area contributed by atoms with E-state index in [0.29, 0.717) is 11.4 Å². The maximum atomic E-state index is 12.5. The summed E-state index contributed by atoms with van der Waals surface area (Å²) in [4.78, 5) is 32.7. The Hall–Kier alpha value is -3.75. The lowest BCUT2D eigenvalue weighted by Crippen LogP contribution is -2.28. The molecule has 9 nitrogen and oxygen atoms in total. The van der Waals surface area contributed by atoms with Crippen molar-refractivity contribution in [3.63, 3.8) is 0 Å². The molecule has 0 aliphatic rings. The third kappa shape index (κ3) is 3.36. The van der Waals surface area contributed by atoms with Gasteiger partial charge in [-0.05, 0) is 5.56 Å². The molecule has 0 aliphatic heterocycles. The average molecular weight is 351 g/mol. The van der Waals surface area contributed by atoms with E-state index in [4.69, 9.17) is 5.73 Å². The molecule has 0 radical (unpaired) electrons. The maximum Gasteiger partial charge on any atom is 0.278 e. The minimum Gasteiger partial charge on any atom is -0.382 e. The van der Waals surface area contributed by atoms with Gasteiger partial charge in [0.15, 0.2) is 11.5 Å². The monoisotopic (exact) mass is 351 g/mol. The first-order valence-corrected chi connectivity index (χ1v) is 7.80. The first kappa shape index (κ1) is 17.1. The zero-order valence-electron chi connectivity index (χ0n) is 13.9. The Bertz CT molecular complexity index is 924. The molecule has 3 aromatic rings. The van der Waals surface area contributed by atoms with Crippen LogP contribution in [0.3, 0.4) is 0 Å². The summed E-state index contributed by atoms with van der Waals surface area (Å²) in [5, 5.41) is 12.2. The summed E-state index contributed by atoms with van der Waals surface area (Å²) < 4.78 is 0. The largest absolute Gasteiger partial charge is 0.382 e. The molecule has 132 valence electrons. The molecular weight excluding hydrogens is 334 g/mol. The van der Waals surface area contributed by atoms with E-state index in [1.54, 1.807) is 7.05 Å². The summed E-state index contributed by atoms with van der Waals surface area (Å²) in [5.74, 6) is -1.47. The third-order valence-corrected chi connectivity index (χ3v) is 3.77. The standard InChI is InChI=1S/C17H17N7O2/c1-19-16(25)12(10-5-3-2-4-6-10)13-11(9-22-24-13)23-17(26)14-15(18)21-8-7-20-14/h2-9,12H,1H3,(H2,18,21)(H,19,25)(H,22,24)(H,23,26). The van der Waals surface area contributed by atoms with Gasteiger partial charge in [0, 0.05) is 25.6 Å². The van der Waals surface area contributed by atoms with E-state index in [9.17, 15) is 9.59 Å². The van der Waals surface area contributed by atoms with Crippen molar-refractivity contribution in [3.05, 3.63) is 65.9 Å². The zero-order chi connectivity index (χ0) is 18.5. The zero-order valence-corrected chi connectivity index (χ0v) is 13.9. The number of anilines is 2. The first-order chi connectivity index (χ1) is 12.6. The summed E-state index contributed by atoms with van der Waals surface area (Å²) in [6, 6.07) is 9.16. The number of hydrogen-bond acceptors (Lipinski definition) is 6. The van der Waals surface area contributed by atoms with Crippen LogP contribution in [-0.2, 0) is 4.79 Å². The average Bonchev–Trinajstić information content (AvgIpc) is 3.10. The van der Waals surface area contributed by atoms with E-state index in [2.05, 4.69) is 30.8 Å². The predicted octanol–water partition coefficient (Wildman–Crippen LogP) is 0.912. The van der Waals surface area contributed by atoms with Crippen LogP contribution in [0.1, 0.15) is 27.7 Å². The molecule has 9 heteroatoms. The highest BCUT2D eigenvalue weighted by Crippen LogP contribution is 2.29. The van der Waals surface area contributed by atoms with Gasteiger partial charge in [-0.1, -0.05) is 30.3 Å². The lowest BCUT2D eigenvalue weighted by Gasteiger charge is -2.16. The number of rotatable bonds is 5. The molecule has 1 atom stereocenters. The van der Waals surface area contributed by atoms with Crippen molar-refractivity contribution in [2.24, 2.45) is 0 Å². The van der Waals surface area contributed by atoms with Crippen molar-refractivity contribution in [2.45, 2.75) is 5.92 Å². The van der Waals surface area contributed by atoms with Gasteiger partial charge in [-0.3, -0.25) is 14.7 Å². The Morgan fingerprint density at radius 2 is 1.88 bits per heavy atom. The number of aromatic amines is 1. The van der Waals surface area contributed by atoms with Crippen LogP contribution >= 0.6 is 0 Å². The minimum absolute atomic E-state index is 0.00384. The van der Waals surface area contributed by atoms with Crippen molar-refractivity contribution in [1.82, 2.24) is 25.5 Å². The number of benzene rings is 1. The van der Waals surface area contributed by atoms with Gasteiger partial charge in [0.05, 0.1) is 5.69 Å². The Balaban J connectivity index is 1.95. The lowest BCUT2D eigenvalue weighted by atomic mass is 9.94. The van der Waals surface area contributed by atoms with E-state index in [0.717, 1.165) is 5.56 Å².